The summed E-state index contributed by atoms with van der Waals surface area (Å²) in [7, 11) is -4.32. The number of carbonyl (C=O) groups is 2. The van der Waals surface area contributed by atoms with E-state index in [9.17, 15) is 22.4 Å². The van der Waals surface area contributed by atoms with Gasteiger partial charge < -0.3 is 15.0 Å². The van der Waals surface area contributed by atoms with E-state index in [4.69, 9.17) is 16.3 Å². The number of ether oxygens (including phenoxy) is 1. The third-order valence-corrected chi connectivity index (χ3v) is 8.61. The van der Waals surface area contributed by atoms with Crippen molar-refractivity contribution in [1.82, 2.24) is 10.2 Å². The predicted molar refractivity (Wildman–Crippen MR) is 158 cm³/mol. The molecule has 2 atom stereocenters. The van der Waals surface area contributed by atoms with Crippen LogP contribution in [0.1, 0.15) is 39.7 Å². The lowest BCUT2D eigenvalue weighted by Crippen LogP contribution is -2.52. The molecule has 3 rings (SSSR count). The Kier molecular flexibility index (Phi) is 11.1. The number of carbonyl (C=O) groups excluding carboxylic acids is 2. The number of anilines is 1. The quantitative estimate of drug-likeness (QED) is 0.282. The van der Waals surface area contributed by atoms with Crippen LogP contribution in [0.4, 0.5) is 10.1 Å². The third kappa shape index (κ3) is 7.98. The molecule has 0 aliphatic heterocycles. The molecule has 0 fully saturated rings. The first-order chi connectivity index (χ1) is 19.5. The zero-order valence-electron chi connectivity index (χ0n) is 23.5. The van der Waals surface area contributed by atoms with Crippen molar-refractivity contribution in [3.63, 3.8) is 0 Å². The van der Waals surface area contributed by atoms with E-state index in [0.29, 0.717) is 11.4 Å². The Morgan fingerprint density at radius 3 is 2.24 bits per heavy atom. The lowest BCUT2D eigenvalue weighted by Gasteiger charge is -2.33. The van der Waals surface area contributed by atoms with Crippen LogP contribution in [0.15, 0.2) is 77.7 Å². The smallest absolute Gasteiger partial charge is 0.264 e. The van der Waals surface area contributed by atoms with Gasteiger partial charge in [0.15, 0.2) is 0 Å². The normalized spacial score (nSPS) is 12.7. The molecule has 0 spiro atoms. The summed E-state index contributed by atoms with van der Waals surface area (Å²) in [5.41, 5.74) is 0.325. The molecule has 0 aromatic heterocycles. The fourth-order valence-electron chi connectivity index (χ4n) is 4.05. The maximum Gasteiger partial charge on any atom is 0.264 e. The van der Waals surface area contributed by atoms with Crippen LogP contribution in [-0.4, -0.2) is 50.4 Å². The first kappa shape index (κ1) is 31.9. The second-order valence-electron chi connectivity index (χ2n) is 9.47. The summed E-state index contributed by atoms with van der Waals surface area (Å²) in [6.07, 6.45) is 0.668. The fourth-order valence-corrected chi connectivity index (χ4v) is 5.60. The highest BCUT2D eigenvalue weighted by Gasteiger charge is 2.34. The molecule has 2 amide bonds. The highest BCUT2D eigenvalue weighted by molar-refractivity contribution is 7.92. The molecule has 8 nitrogen and oxygen atoms in total. The third-order valence-electron chi connectivity index (χ3n) is 6.58. The van der Waals surface area contributed by atoms with Crippen LogP contribution >= 0.6 is 11.6 Å². The van der Waals surface area contributed by atoms with Gasteiger partial charge in [-0.15, -0.1) is 0 Å². The Morgan fingerprint density at radius 1 is 0.976 bits per heavy atom. The molecule has 0 saturated carbocycles. The van der Waals surface area contributed by atoms with Gasteiger partial charge in [0.25, 0.3) is 10.0 Å². The van der Waals surface area contributed by atoms with Gasteiger partial charge >= 0.3 is 0 Å². The Hall–Kier alpha value is -3.63. The first-order valence-electron chi connectivity index (χ1n) is 13.3. The number of para-hydroxylation sites is 2. The molecule has 0 bridgehead atoms. The van der Waals surface area contributed by atoms with Gasteiger partial charge in [0, 0.05) is 23.2 Å². The van der Waals surface area contributed by atoms with Gasteiger partial charge in [0.2, 0.25) is 11.8 Å². The molecular formula is C30H35ClFN3O5S. The zero-order chi connectivity index (χ0) is 30.2. The predicted octanol–water partition coefficient (Wildman–Crippen LogP) is 5.41. The molecule has 0 aliphatic carbocycles. The van der Waals surface area contributed by atoms with Crippen molar-refractivity contribution in [3.8, 4) is 5.75 Å². The minimum atomic E-state index is -4.32. The van der Waals surface area contributed by atoms with E-state index < -0.39 is 40.2 Å². The largest absolute Gasteiger partial charge is 0.492 e. The number of nitrogens with one attached hydrogen (secondary N) is 1. The van der Waals surface area contributed by atoms with Crippen LogP contribution in [-0.2, 0) is 26.2 Å². The van der Waals surface area contributed by atoms with E-state index in [2.05, 4.69) is 5.32 Å². The highest BCUT2D eigenvalue weighted by Crippen LogP contribution is 2.33. The zero-order valence-corrected chi connectivity index (χ0v) is 25.1. The number of halogens is 2. The summed E-state index contributed by atoms with van der Waals surface area (Å²) in [6, 6.07) is 16.8. The number of nitrogens with zero attached hydrogens (tertiary/aromatic N) is 2. The topological polar surface area (TPSA) is 96.0 Å². The van der Waals surface area contributed by atoms with Crippen LogP contribution in [0.5, 0.6) is 5.75 Å². The molecule has 0 radical (unpaired) electrons. The summed E-state index contributed by atoms with van der Waals surface area (Å²) in [6.45, 7) is 6.36. The summed E-state index contributed by atoms with van der Waals surface area (Å²) >= 11 is 5.99. The number of benzene rings is 3. The molecule has 0 heterocycles. The summed E-state index contributed by atoms with van der Waals surface area (Å²) in [5.74, 6) is -1.44. The Labute approximate surface area is 246 Å². The molecule has 3 aromatic carbocycles. The van der Waals surface area contributed by atoms with Gasteiger partial charge in [-0.3, -0.25) is 13.9 Å². The first-order valence-corrected chi connectivity index (χ1v) is 15.1. The Balaban J connectivity index is 2.09. The molecule has 220 valence electrons. The number of rotatable bonds is 13. The van der Waals surface area contributed by atoms with Crippen LogP contribution in [0.2, 0.25) is 5.02 Å². The Morgan fingerprint density at radius 2 is 1.61 bits per heavy atom. The van der Waals surface area contributed by atoms with Gasteiger partial charge in [-0.25, -0.2) is 12.8 Å². The lowest BCUT2D eigenvalue weighted by molar-refractivity contribution is -0.139. The van der Waals surface area contributed by atoms with Crippen LogP contribution in [0, 0.1) is 5.82 Å². The summed E-state index contributed by atoms with van der Waals surface area (Å²) in [4.78, 5) is 28.2. The summed E-state index contributed by atoms with van der Waals surface area (Å²) < 4.78 is 49.3. The highest BCUT2D eigenvalue weighted by atomic mass is 35.5. The van der Waals surface area contributed by atoms with Crippen molar-refractivity contribution in [1.29, 1.82) is 0 Å². The molecule has 3 aromatic rings. The molecule has 0 saturated heterocycles. The van der Waals surface area contributed by atoms with Crippen molar-refractivity contribution < 1.29 is 27.1 Å². The number of hydrogen-bond acceptors (Lipinski definition) is 5. The molecule has 0 unspecified atom stereocenters. The van der Waals surface area contributed by atoms with Gasteiger partial charge in [0.1, 0.15) is 24.2 Å². The fraction of sp³-hybridized carbons (Fsp3) is 0.333. The Bertz CT molecular complexity index is 1450. The minimum Gasteiger partial charge on any atom is -0.492 e. The maximum atomic E-state index is 14.7. The number of sulfonamides is 1. The van der Waals surface area contributed by atoms with E-state index >= 15 is 0 Å². The monoisotopic (exact) mass is 603 g/mol. The minimum absolute atomic E-state index is 0.0933. The van der Waals surface area contributed by atoms with Crippen LogP contribution in [0.25, 0.3) is 0 Å². The van der Waals surface area contributed by atoms with E-state index in [0.717, 1.165) is 4.31 Å². The number of hydrogen-bond donors (Lipinski definition) is 1. The average Bonchev–Trinajstić information content (AvgIpc) is 2.95. The molecular weight excluding hydrogens is 569 g/mol. The maximum absolute atomic E-state index is 14.7. The van der Waals surface area contributed by atoms with E-state index in [1.807, 2.05) is 13.8 Å². The molecule has 11 heteroatoms. The lowest BCUT2D eigenvalue weighted by atomic mass is 10.1. The van der Waals surface area contributed by atoms with Crippen LogP contribution < -0.4 is 14.4 Å². The van der Waals surface area contributed by atoms with Crippen molar-refractivity contribution >= 4 is 39.1 Å². The van der Waals surface area contributed by atoms with Crippen LogP contribution in [0.3, 0.4) is 0 Å². The SMILES string of the molecule is CCOc1ccccc1N(CC(=O)N(Cc1ccccc1F)[C@@H](C)C(=O)N[C@H](C)CC)S(=O)(=O)c1ccc(Cl)cc1. The number of amides is 2. The van der Waals surface area contributed by atoms with E-state index in [1.54, 1.807) is 31.2 Å². The second kappa shape index (κ2) is 14.3. The molecule has 1 N–H and O–H groups in total. The van der Waals surface area contributed by atoms with Crippen molar-refractivity contribution in [3.05, 3.63) is 89.2 Å². The van der Waals surface area contributed by atoms with Crippen molar-refractivity contribution in [2.24, 2.45) is 0 Å². The van der Waals surface area contributed by atoms with Gasteiger partial charge in [-0.1, -0.05) is 48.9 Å². The van der Waals surface area contributed by atoms with Crippen molar-refractivity contribution in [2.75, 3.05) is 17.5 Å². The van der Waals surface area contributed by atoms with Gasteiger partial charge in [-0.2, -0.15) is 0 Å². The molecule has 41 heavy (non-hydrogen) atoms. The van der Waals surface area contributed by atoms with Gasteiger partial charge in [-0.05, 0) is 69.7 Å². The van der Waals surface area contributed by atoms with Gasteiger partial charge in [0.05, 0.1) is 17.2 Å². The second-order valence-corrected chi connectivity index (χ2v) is 11.8. The van der Waals surface area contributed by atoms with Crippen molar-refractivity contribution in [2.45, 2.75) is 57.6 Å². The van der Waals surface area contributed by atoms with E-state index in [-0.39, 0.29) is 41.1 Å². The van der Waals surface area contributed by atoms with E-state index in [1.165, 1.54) is 60.4 Å². The summed E-state index contributed by atoms with van der Waals surface area (Å²) in [5, 5.41) is 3.19. The average molecular weight is 604 g/mol. The molecule has 0 aliphatic rings. The standard InChI is InChI=1S/C30H35ClFN3O5S/c1-5-21(3)33-30(37)22(4)34(19-23-11-7-8-12-26(23)32)29(36)20-35(27-13-9-10-14-28(27)40-6-2)41(38,39)25-17-15-24(31)16-18-25/h7-18,21-22H,5-6,19-20H2,1-4H3,(H,33,37)/t21-,22+/m1/s1.